The van der Waals surface area contributed by atoms with Crippen LogP contribution in [0.2, 0.25) is 0 Å². The second-order valence-electron chi connectivity index (χ2n) is 11.6. The van der Waals surface area contributed by atoms with Crippen molar-refractivity contribution in [1.82, 2.24) is 0 Å². The predicted molar refractivity (Wildman–Crippen MR) is 196 cm³/mol. The first-order chi connectivity index (χ1) is 24.9. The summed E-state index contributed by atoms with van der Waals surface area (Å²) < 4.78 is 51.5. The molecule has 3 aromatic rings. The molecule has 0 amide bonds. The third-order valence-electron chi connectivity index (χ3n) is 7.83. The van der Waals surface area contributed by atoms with Crippen LogP contribution in [0.5, 0.6) is 0 Å². The van der Waals surface area contributed by atoms with Gasteiger partial charge in [0.1, 0.15) is 5.60 Å². The van der Waals surface area contributed by atoms with Crippen molar-refractivity contribution in [3.8, 4) is 0 Å². The summed E-state index contributed by atoms with van der Waals surface area (Å²) in [5.74, 6) is 0. The van der Waals surface area contributed by atoms with Gasteiger partial charge in [0, 0.05) is 6.61 Å². The summed E-state index contributed by atoms with van der Waals surface area (Å²) in [7, 11) is 0. The van der Waals surface area contributed by atoms with E-state index in [-0.39, 0.29) is 0 Å². The fourth-order valence-corrected chi connectivity index (χ4v) is 5.29. The van der Waals surface area contributed by atoms with Crippen molar-refractivity contribution >= 4 is 0 Å². The van der Waals surface area contributed by atoms with Crippen LogP contribution in [-0.4, -0.2) is 112 Å². The number of benzene rings is 3. The highest BCUT2D eigenvalue weighted by Crippen LogP contribution is 2.40. The molecular weight excluding hydrogens is 636 g/mol. The summed E-state index contributed by atoms with van der Waals surface area (Å²) in [6.07, 6.45) is 4.89. The Labute approximate surface area is 300 Å². The Kier molecular flexibility index (Phi) is 24.1. The van der Waals surface area contributed by atoms with Crippen LogP contribution in [0, 0.1) is 0 Å². The third-order valence-corrected chi connectivity index (χ3v) is 7.83. The molecule has 3 rings (SSSR count). The Bertz CT molecular complexity index is 1050. The quantitative estimate of drug-likeness (QED) is 0.0510. The summed E-state index contributed by atoms with van der Waals surface area (Å²) in [4.78, 5) is 0. The average molecular weight is 697 g/mol. The van der Waals surface area contributed by atoms with Crippen LogP contribution in [-0.2, 0) is 48.2 Å². The van der Waals surface area contributed by atoms with Gasteiger partial charge in [-0.2, -0.15) is 0 Å². The molecule has 0 unspecified atom stereocenters. The van der Waals surface area contributed by atoms with E-state index in [1.165, 1.54) is 19.3 Å². The van der Waals surface area contributed by atoms with Gasteiger partial charge in [0.25, 0.3) is 0 Å². The molecule has 0 spiro atoms. The van der Waals surface area contributed by atoms with Gasteiger partial charge in [-0.1, -0.05) is 117 Å². The van der Waals surface area contributed by atoms with Gasteiger partial charge < -0.3 is 42.6 Å². The lowest BCUT2D eigenvalue weighted by atomic mass is 9.80. The predicted octanol–water partition coefficient (Wildman–Crippen LogP) is 6.71. The number of hydrogen-bond acceptors (Lipinski definition) is 9. The molecule has 0 N–H and O–H groups in total. The van der Waals surface area contributed by atoms with Crippen molar-refractivity contribution in [2.24, 2.45) is 0 Å². The lowest BCUT2D eigenvalue weighted by Crippen LogP contribution is -2.34. The molecule has 0 saturated heterocycles. The standard InChI is InChI=1S/C41H60O9/c1-2-3-4-14-21-42-22-23-43-24-25-44-26-27-45-28-29-46-30-31-47-32-33-48-34-35-49-36-37-50-41(38-15-8-5-9-16-38,39-17-10-6-11-18-39)40-19-12-7-13-20-40/h5-13,15-20H,2-4,14,21-37H2,1H3. The summed E-state index contributed by atoms with van der Waals surface area (Å²) in [6, 6.07) is 31.0. The zero-order valence-electron chi connectivity index (χ0n) is 30.2. The van der Waals surface area contributed by atoms with E-state index in [0.29, 0.717) is 106 Å². The maximum absolute atomic E-state index is 6.73. The molecule has 0 saturated carbocycles. The minimum atomic E-state index is -0.744. The monoisotopic (exact) mass is 696 g/mol. The topological polar surface area (TPSA) is 83.1 Å². The molecule has 9 heteroatoms. The molecule has 0 aromatic heterocycles. The van der Waals surface area contributed by atoms with Gasteiger partial charge in [0.15, 0.2) is 0 Å². The number of unbranched alkanes of at least 4 members (excludes halogenated alkanes) is 3. The molecular formula is C41H60O9. The Hall–Kier alpha value is -2.70. The summed E-state index contributed by atoms with van der Waals surface area (Å²) >= 11 is 0. The molecule has 3 aromatic carbocycles. The van der Waals surface area contributed by atoms with Gasteiger partial charge in [0.2, 0.25) is 0 Å². The van der Waals surface area contributed by atoms with E-state index in [1.807, 2.05) is 54.6 Å². The summed E-state index contributed by atoms with van der Waals surface area (Å²) in [5, 5.41) is 0. The largest absolute Gasteiger partial charge is 0.379 e. The zero-order chi connectivity index (χ0) is 35.1. The summed E-state index contributed by atoms with van der Waals surface area (Å²) in [6.45, 7) is 11.4. The Morgan fingerprint density at radius 2 is 0.600 bits per heavy atom. The first-order valence-corrected chi connectivity index (χ1v) is 18.3. The first-order valence-electron chi connectivity index (χ1n) is 18.3. The lowest BCUT2D eigenvalue weighted by molar-refractivity contribution is -0.0398. The Balaban J connectivity index is 1.11. The molecule has 0 aliphatic heterocycles. The molecule has 9 nitrogen and oxygen atoms in total. The van der Waals surface area contributed by atoms with Gasteiger partial charge in [-0.3, -0.25) is 0 Å². The fraction of sp³-hybridized carbons (Fsp3) is 0.561. The molecule has 50 heavy (non-hydrogen) atoms. The highest BCUT2D eigenvalue weighted by molar-refractivity contribution is 5.47. The molecule has 0 radical (unpaired) electrons. The SMILES string of the molecule is CCCCCCOCCOCCOCCOCCOCCOCCOCCOCCOC(c1ccccc1)(c1ccccc1)c1ccccc1. The average Bonchev–Trinajstić information content (AvgIpc) is 3.17. The maximum Gasteiger partial charge on any atom is 0.143 e. The number of rotatable bonds is 33. The third kappa shape index (κ3) is 17.5. The second-order valence-corrected chi connectivity index (χ2v) is 11.6. The molecule has 0 aliphatic rings. The molecule has 0 heterocycles. The van der Waals surface area contributed by atoms with Gasteiger partial charge >= 0.3 is 0 Å². The van der Waals surface area contributed by atoms with Gasteiger partial charge in [0.05, 0.1) is 106 Å². The van der Waals surface area contributed by atoms with E-state index in [1.54, 1.807) is 0 Å². The molecule has 278 valence electrons. The van der Waals surface area contributed by atoms with Crippen LogP contribution in [0.3, 0.4) is 0 Å². The van der Waals surface area contributed by atoms with Gasteiger partial charge in [-0.05, 0) is 23.1 Å². The van der Waals surface area contributed by atoms with Crippen LogP contribution < -0.4 is 0 Å². The normalized spacial score (nSPS) is 11.7. The maximum atomic E-state index is 6.73. The number of ether oxygens (including phenoxy) is 9. The van der Waals surface area contributed by atoms with Crippen LogP contribution >= 0.6 is 0 Å². The van der Waals surface area contributed by atoms with E-state index in [4.69, 9.17) is 42.6 Å². The summed E-state index contributed by atoms with van der Waals surface area (Å²) in [5.41, 5.74) is 2.47. The van der Waals surface area contributed by atoms with Crippen LogP contribution in [0.4, 0.5) is 0 Å². The Morgan fingerprint density at radius 3 is 0.900 bits per heavy atom. The van der Waals surface area contributed by atoms with Crippen LogP contribution in [0.25, 0.3) is 0 Å². The van der Waals surface area contributed by atoms with Crippen molar-refractivity contribution in [3.63, 3.8) is 0 Å². The molecule has 0 fully saturated rings. The van der Waals surface area contributed by atoms with Crippen LogP contribution in [0.1, 0.15) is 49.3 Å². The van der Waals surface area contributed by atoms with Crippen molar-refractivity contribution in [2.45, 2.75) is 38.2 Å². The fourth-order valence-electron chi connectivity index (χ4n) is 5.29. The van der Waals surface area contributed by atoms with E-state index < -0.39 is 5.60 Å². The van der Waals surface area contributed by atoms with E-state index >= 15 is 0 Å². The van der Waals surface area contributed by atoms with E-state index in [2.05, 4.69) is 43.3 Å². The van der Waals surface area contributed by atoms with Crippen LogP contribution in [0.15, 0.2) is 91.0 Å². The molecule has 0 aliphatic carbocycles. The van der Waals surface area contributed by atoms with Crippen molar-refractivity contribution < 1.29 is 42.6 Å². The highest BCUT2D eigenvalue weighted by Gasteiger charge is 2.37. The Morgan fingerprint density at radius 1 is 0.320 bits per heavy atom. The molecule has 0 atom stereocenters. The number of hydrogen-bond donors (Lipinski definition) is 0. The smallest absolute Gasteiger partial charge is 0.143 e. The van der Waals surface area contributed by atoms with E-state index in [9.17, 15) is 0 Å². The van der Waals surface area contributed by atoms with Crippen molar-refractivity contribution in [3.05, 3.63) is 108 Å². The lowest BCUT2D eigenvalue weighted by Gasteiger charge is -2.36. The highest BCUT2D eigenvalue weighted by atomic mass is 16.6. The second kappa shape index (κ2) is 28.9. The van der Waals surface area contributed by atoms with Crippen molar-refractivity contribution in [1.29, 1.82) is 0 Å². The van der Waals surface area contributed by atoms with Gasteiger partial charge in [-0.25, -0.2) is 0 Å². The van der Waals surface area contributed by atoms with Gasteiger partial charge in [-0.15, -0.1) is 0 Å². The minimum absolute atomic E-state index is 0.423. The zero-order valence-corrected chi connectivity index (χ0v) is 30.2. The van der Waals surface area contributed by atoms with E-state index in [0.717, 1.165) is 29.7 Å². The molecule has 0 bridgehead atoms. The minimum Gasteiger partial charge on any atom is -0.379 e. The van der Waals surface area contributed by atoms with Crippen molar-refractivity contribution in [2.75, 3.05) is 112 Å². The first kappa shape index (κ1) is 41.7.